The molecule has 2 saturated carbocycles. The molecule has 1 aromatic heterocycles. The number of pyridine rings is 1. The smallest absolute Gasteiger partial charge is 0.239 e. The highest BCUT2D eigenvalue weighted by atomic mass is 32.2. The van der Waals surface area contributed by atoms with E-state index in [1.807, 2.05) is 23.9 Å². The van der Waals surface area contributed by atoms with Gasteiger partial charge in [0.25, 0.3) is 0 Å². The fourth-order valence-electron chi connectivity index (χ4n) is 2.83. The second kappa shape index (κ2) is 6.77. The summed E-state index contributed by atoms with van der Waals surface area (Å²) >= 11 is 1.98. The van der Waals surface area contributed by atoms with Crippen molar-refractivity contribution in [1.29, 1.82) is 0 Å². The lowest BCUT2D eigenvalue weighted by molar-refractivity contribution is 0.290. The molecule has 0 saturated heterocycles. The van der Waals surface area contributed by atoms with Gasteiger partial charge in [-0.25, -0.2) is 0 Å². The zero-order chi connectivity index (χ0) is 14.7. The number of nitrogens with one attached hydrogen (secondary N) is 1. The molecule has 2 atom stereocenters. The van der Waals surface area contributed by atoms with Crippen molar-refractivity contribution in [2.24, 2.45) is 5.92 Å². The number of nitrogens with zero attached hydrogens (tertiary/aromatic N) is 1. The first-order chi connectivity index (χ1) is 10.2. The first-order valence-electron chi connectivity index (χ1n) is 7.93. The molecule has 2 fully saturated rings. The van der Waals surface area contributed by atoms with Gasteiger partial charge < -0.3 is 15.8 Å². The Morgan fingerprint density at radius 1 is 1.33 bits per heavy atom. The lowest BCUT2D eigenvalue weighted by Gasteiger charge is -2.29. The number of hydrogen-bond acceptors (Lipinski definition) is 5. The zero-order valence-corrected chi connectivity index (χ0v) is 13.5. The van der Waals surface area contributed by atoms with Crippen molar-refractivity contribution in [2.75, 3.05) is 23.9 Å². The van der Waals surface area contributed by atoms with Gasteiger partial charge in [-0.3, -0.25) is 0 Å². The number of aromatic nitrogens is 1. The van der Waals surface area contributed by atoms with Crippen molar-refractivity contribution in [1.82, 2.24) is 4.98 Å². The molecular formula is C16H25N3OS. The number of nitrogen functional groups attached to an aromatic ring is 1. The van der Waals surface area contributed by atoms with E-state index in [4.69, 9.17) is 10.5 Å². The Morgan fingerprint density at radius 3 is 2.95 bits per heavy atom. The summed E-state index contributed by atoms with van der Waals surface area (Å²) in [6.45, 7) is 0.749. The third-order valence-electron chi connectivity index (χ3n) is 4.35. The van der Waals surface area contributed by atoms with E-state index in [-0.39, 0.29) is 0 Å². The maximum atomic E-state index is 5.95. The molecule has 0 amide bonds. The maximum Gasteiger partial charge on any atom is 0.239 e. The number of ether oxygens (including phenoxy) is 1. The van der Waals surface area contributed by atoms with Crippen LogP contribution in [0.4, 0.5) is 11.5 Å². The molecule has 0 aromatic carbocycles. The van der Waals surface area contributed by atoms with Gasteiger partial charge in [0.05, 0.1) is 12.3 Å². The Kier molecular flexibility index (Phi) is 4.78. The Balaban J connectivity index is 1.60. The first-order valence-corrected chi connectivity index (χ1v) is 9.22. The van der Waals surface area contributed by atoms with Crippen molar-refractivity contribution >= 4 is 23.3 Å². The molecule has 21 heavy (non-hydrogen) atoms. The van der Waals surface area contributed by atoms with Crippen LogP contribution in [0.15, 0.2) is 12.1 Å². The highest BCUT2D eigenvalue weighted by Crippen LogP contribution is 2.32. The topological polar surface area (TPSA) is 60.2 Å². The van der Waals surface area contributed by atoms with Gasteiger partial charge in [0.2, 0.25) is 5.88 Å². The fourth-order valence-corrected chi connectivity index (χ4v) is 3.65. The molecule has 0 aliphatic heterocycles. The molecule has 2 aliphatic carbocycles. The SMILES string of the molecule is CSC1CCCC(Nc2ccc(N)c(OCC3CC3)n2)C1. The van der Waals surface area contributed by atoms with Gasteiger partial charge in [0.1, 0.15) is 5.82 Å². The second-order valence-corrected chi connectivity index (χ2v) is 7.35. The highest BCUT2D eigenvalue weighted by Gasteiger charge is 2.23. The van der Waals surface area contributed by atoms with Crippen molar-refractivity contribution in [2.45, 2.75) is 49.8 Å². The third-order valence-corrected chi connectivity index (χ3v) is 5.45. The molecule has 5 heteroatoms. The van der Waals surface area contributed by atoms with Crippen LogP contribution in [-0.4, -0.2) is 29.1 Å². The number of thioether (sulfide) groups is 1. The lowest BCUT2D eigenvalue weighted by Crippen LogP contribution is -2.28. The van der Waals surface area contributed by atoms with Crippen LogP contribution in [0.1, 0.15) is 38.5 Å². The summed E-state index contributed by atoms with van der Waals surface area (Å²) in [5.74, 6) is 2.19. The molecule has 0 spiro atoms. The van der Waals surface area contributed by atoms with E-state index in [9.17, 15) is 0 Å². The minimum atomic E-state index is 0.517. The minimum Gasteiger partial charge on any atom is -0.476 e. The summed E-state index contributed by atoms with van der Waals surface area (Å²) in [5.41, 5.74) is 6.59. The van der Waals surface area contributed by atoms with E-state index in [1.165, 1.54) is 38.5 Å². The van der Waals surface area contributed by atoms with Crippen molar-refractivity contribution in [3.8, 4) is 5.88 Å². The standard InChI is InChI=1S/C16H25N3OS/c1-21-13-4-2-3-12(9-13)18-15-8-7-14(17)16(19-15)20-10-11-5-6-11/h7-8,11-13H,2-6,9-10,17H2,1H3,(H,18,19). The predicted molar refractivity (Wildman–Crippen MR) is 90.1 cm³/mol. The molecule has 4 nitrogen and oxygen atoms in total. The summed E-state index contributed by atoms with van der Waals surface area (Å²) in [5, 5.41) is 4.33. The summed E-state index contributed by atoms with van der Waals surface area (Å²) in [6.07, 6.45) is 9.82. The van der Waals surface area contributed by atoms with Crippen LogP contribution in [-0.2, 0) is 0 Å². The minimum absolute atomic E-state index is 0.517. The van der Waals surface area contributed by atoms with Gasteiger partial charge in [0.15, 0.2) is 0 Å². The van der Waals surface area contributed by atoms with Crippen LogP contribution in [0.5, 0.6) is 5.88 Å². The molecule has 1 aromatic rings. The molecular weight excluding hydrogens is 282 g/mol. The van der Waals surface area contributed by atoms with Crippen LogP contribution in [0.25, 0.3) is 0 Å². The summed E-state index contributed by atoms with van der Waals surface area (Å²) in [4.78, 5) is 4.55. The fraction of sp³-hybridized carbons (Fsp3) is 0.688. The Bertz CT molecular complexity index is 479. The van der Waals surface area contributed by atoms with Gasteiger partial charge in [0, 0.05) is 11.3 Å². The molecule has 1 heterocycles. The highest BCUT2D eigenvalue weighted by molar-refractivity contribution is 7.99. The molecule has 116 valence electrons. The molecule has 2 aliphatic rings. The van der Waals surface area contributed by atoms with Crippen LogP contribution in [0.2, 0.25) is 0 Å². The normalized spacial score (nSPS) is 25.6. The van der Waals surface area contributed by atoms with Crippen LogP contribution in [0.3, 0.4) is 0 Å². The van der Waals surface area contributed by atoms with E-state index in [0.29, 0.717) is 23.5 Å². The summed E-state index contributed by atoms with van der Waals surface area (Å²) in [6, 6.07) is 4.37. The number of rotatable bonds is 6. The quantitative estimate of drug-likeness (QED) is 0.842. The van der Waals surface area contributed by atoms with Gasteiger partial charge in [-0.15, -0.1) is 0 Å². The third kappa shape index (κ3) is 4.19. The lowest BCUT2D eigenvalue weighted by atomic mass is 9.95. The van der Waals surface area contributed by atoms with Crippen LogP contribution < -0.4 is 15.8 Å². The van der Waals surface area contributed by atoms with Crippen LogP contribution >= 0.6 is 11.8 Å². The van der Waals surface area contributed by atoms with Crippen LogP contribution in [0, 0.1) is 5.92 Å². The van der Waals surface area contributed by atoms with Gasteiger partial charge in [-0.2, -0.15) is 16.7 Å². The summed E-state index contributed by atoms with van der Waals surface area (Å²) in [7, 11) is 0. The molecule has 0 bridgehead atoms. The number of anilines is 2. The second-order valence-electron chi connectivity index (χ2n) is 6.21. The van der Waals surface area contributed by atoms with Crippen molar-refractivity contribution in [3.05, 3.63) is 12.1 Å². The largest absolute Gasteiger partial charge is 0.476 e. The average molecular weight is 307 g/mol. The molecule has 2 unspecified atom stereocenters. The predicted octanol–water partition coefficient (Wildman–Crippen LogP) is 3.54. The van der Waals surface area contributed by atoms with Gasteiger partial charge >= 0.3 is 0 Å². The van der Waals surface area contributed by atoms with E-state index < -0.39 is 0 Å². The van der Waals surface area contributed by atoms with E-state index in [2.05, 4.69) is 16.6 Å². The zero-order valence-electron chi connectivity index (χ0n) is 12.7. The molecule has 3 N–H and O–H groups in total. The number of hydrogen-bond donors (Lipinski definition) is 2. The van der Waals surface area contributed by atoms with Gasteiger partial charge in [-0.1, -0.05) is 6.42 Å². The Hall–Kier alpha value is -1.10. The first kappa shape index (κ1) is 14.8. The Morgan fingerprint density at radius 2 is 2.19 bits per heavy atom. The molecule has 3 rings (SSSR count). The van der Waals surface area contributed by atoms with Crippen molar-refractivity contribution in [3.63, 3.8) is 0 Å². The van der Waals surface area contributed by atoms with Crippen molar-refractivity contribution < 1.29 is 4.74 Å². The Labute approximate surface area is 131 Å². The van der Waals surface area contributed by atoms with E-state index in [0.717, 1.165) is 17.7 Å². The van der Waals surface area contributed by atoms with E-state index >= 15 is 0 Å². The van der Waals surface area contributed by atoms with Gasteiger partial charge in [-0.05, 0) is 56.4 Å². The molecule has 0 radical (unpaired) electrons. The maximum absolute atomic E-state index is 5.95. The average Bonchev–Trinajstić information content (AvgIpc) is 3.32. The summed E-state index contributed by atoms with van der Waals surface area (Å²) < 4.78 is 5.75. The van der Waals surface area contributed by atoms with E-state index in [1.54, 1.807) is 0 Å². The number of nitrogens with two attached hydrogens (primary N) is 1. The monoisotopic (exact) mass is 307 g/mol.